The van der Waals surface area contributed by atoms with Crippen molar-refractivity contribution in [3.05, 3.63) is 35.6 Å². The number of amides is 1. The first-order chi connectivity index (χ1) is 19.9. The van der Waals surface area contributed by atoms with Gasteiger partial charge in [0.2, 0.25) is 0 Å². The van der Waals surface area contributed by atoms with Crippen molar-refractivity contribution in [3.8, 4) is 12.1 Å². The van der Waals surface area contributed by atoms with E-state index in [0.29, 0.717) is 44.7 Å². The number of aromatic nitrogens is 2. The summed E-state index contributed by atoms with van der Waals surface area (Å²) >= 11 is 0. The number of halogens is 1. The quantitative estimate of drug-likeness (QED) is 0.454. The van der Waals surface area contributed by atoms with Gasteiger partial charge in [-0.2, -0.15) is 15.2 Å². The molecule has 6 rings (SSSR count). The van der Waals surface area contributed by atoms with Gasteiger partial charge < -0.3 is 29.2 Å². The van der Waals surface area contributed by atoms with Crippen LogP contribution in [0.15, 0.2) is 34.3 Å². The van der Waals surface area contributed by atoms with Gasteiger partial charge in [0.05, 0.1) is 55.6 Å². The number of rotatable bonds is 7. The normalized spacial score (nSPS) is 24.0. The van der Waals surface area contributed by atoms with E-state index in [9.17, 15) is 14.4 Å². The van der Waals surface area contributed by atoms with E-state index in [4.69, 9.17) is 19.7 Å². The first kappa shape index (κ1) is 27.1. The summed E-state index contributed by atoms with van der Waals surface area (Å²) in [6.07, 6.45) is 6.68. The standard InChI is InChI=1S/C28H35FN10O2/c1-19(29)27(40)39-13-12-37(15-20(39)5-7-30)25-22-6-10-36(24-14-31-18-38-11-8-32-26(24)38)16-23(22)33-28(34-25)41-17-21-4-3-9-35(21)2/h14,18,20-21H,1,3-6,8-13,15-17H2,2H3/t20-,21-/m0/s1. The van der Waals surface area contributed by atoms with Crippen molar-refractivity contribution in [2.24, 2.45) is 9.98 Å². The Morgan fingerprint density at radius 1 is 1.20 bits per heavy atom. The van der Waals surface area contributed by atoms with Crippen LogP contribution in [0.5, 0.6) is 6.01 Å². The summed E-state index contributed by atoms with van der Waals surface area (Å²) < 4.78 is 20.0. The molecule has 0 unspecified atom stereocenters. The van der Waals surface area contributed by atoms with Gasteiger partial charge in [-0.05, 0) is 32.9 Å². The van der Waals surface area contributed by atoms with Gasteiger partial charge in [-0.15, -0.1) is 0 Å². The molecule has 2 saturated heterocycles. The highest BCUT2D eigenvalue weighted by Gasteiger charge is 2.36. The maximum Gasteiger partial charge on any atom is 0.318 e. The lowest BCUT2D eigenvalue weighted by atomic mass is 10.0. The summed E-state index contributed by atoms with van der Waals surface area (Å²) in [5.41, 5.74) is 2.89. The number of amidine groups is 1. The molecular formula is C28H35FN10O2. The summed E-state index contributed by atoms with van der Waals surface area (Å²) in [5, 5.41) is 9.46. The van der Waals surface area contributed by atoms with Crippen molar-refractivity contribution in [2.45, 2.75) is 44.3 Å². The molecule has 1 amide bonds. The zero-order chi connectivity index (χ0) is 28.5. The Kier molecular flexibility index (Phi) is 7.57. The summed E-state index contributed by atoms with van der Waals surface area (Å²) in [5.74, 6) is -0.0791. The number of carbonyl (C=O) groups excluding carboxylic acids is 1. The van der Waals surface area contributed by atoms with Crippen LogP contribution in [0.2, 0.25) is 0 Å². The van der Waals surface area contributed by atoms with E-state index in [1.807, 2.05) is 12.5 Å². The minimum Gasteiger partial charge on any atom is -0.462 e. The Balaban J connectivity index is 1.29. The van der Waals surface area contributed by atoms with Crippen LogP contribution in [0.1, 0.15) is 30.5 Å². The van der Waals surface area contributed by atoms with Gasteiger partial charge in [0.1, 0.15) is 12.4 Å². The molecule has 0 spiro atoms. The van der Waals surface area contributed by atoms with Crippen molar-refractivity contribution < 1.29 is 13.9 Å². The molecule has 12 nitrogen and oxygen atoms in total. The summed E-state index contributed by atoms with van der Waals surface area (Å²) in [6.45, 7) is 8.67. The van der Waals surface area contributed by atoms with Gasteiger partial charge >= 0.3 is 6.01 Å². The summed E-state index contributed by atoms with van der Waals surface area (Å²) in [4.78, 5) is 41.5. The highest BCUT2D eigenvalue weighted by Crippen LogP contribution is 2.33. The third-order valence-corrected chi connectivity index (χ3v) is 8.55. The van der Waals surface area contributed by atoms with Crippen LogP contribution in [0.25, 0.3) is 0 Å². The first-order valence-corrected chi connectivity index (χ1v) is 14.2. The second-order valence-corrected chi connectivity index (χ2v) is 11.1. The molecule has 13 heteroatoms. The van der Waals surface area contributed by atoms with E-state index >= 15 is 0 Å². The number of aliphatic imine (C=N–C) groups is 2. The molecule has 41 heavy (non-hydrogen) atoms. The van der Waals surface area contributed by atoms with Gasteiger partial charge in [0.15, 0.2) is 11.7 Å². The predicted octanol–water partition coefficient (Wildman–Crippen LogP) is 1.32. The van der Waals surface area contributed by atoms with Gasteiger partial charge in [-0.25, -0.2) is 9.38 Å². The van der Waals surface area contributed by atoms with Crippen LogP contribution in [0.4, 0.5) is 10.2 Å². The third kappa shape index (κ3) is 5.36. The molecule has 5 aliphatic heterocycles. The van der Waals surface area contributed by atoms with E-state index in [1.165, 1.54) is 4.90 Å². The number of likely N-dealkylation sites (tertiary alicyclic amines) is 1. The number of fused-ring (bicyclic) bond motifs is 2. The number of anilines is 1. The number of nitriles is 1. The Labute approximate surface area is 239 Å². The minimum atomic E-state index is -1.01. The Morgan fingerprint density at radius 2 is 2.07 bits per heavy atom. The average molecular weight is 563 g/mol. The number of hydrogen-bond acceptors (Lipinski definition) is 11. The fraction of sp³-hybridized carbons (Fsp3) is 0.571. The van der Waals surface area contributed by atoms with Crippen molar-refractivity contribution in [1.29, 1.82) is 5.26 Å². The van der Waals surface area contributed by atoms with Crippen LogP contribution in [-0.4, -0.2) is 119 Å². The molecule has 0 aliphatic carbocycles. The lowest BCUT2D eigenvalue weighted by molar-refractivity contribution is -0.131. The molecule has 2 fully saturated rings. The fourth-order valence-electron chi connectivity index (χ4n) is 6.30. The molecule has 2 atom stereocenters. The number of likely N-dealkylation sites (N-methyl/N-ethyl adjacent to an activating group) is 1. The van der Waals surface area contributed by atoms with Crippen molar-refractivity contribution in [1.82, 2.24) is 29.6 Å². The van der Waals surface area contributed by atoms with E-state index in [2.05, 4.69) is 44.3 Å². The maximum absolute atomic E-state index is 13.8. The van der Waals surface area contributed by atoms with Crippen LogP contribution >= 0.6 is 0 Å². The lowest BCUT2D eigenvalue weighted by Crippen LogP contribution is -2.55. The Hall–Kier alpha value is -4.05. The molecule has 6 heterocycles. The number of ether oxygens (including phenoxy) is 1. The van der Waals surface area contributed by atoms with Crippen LogP contribution < -0.4 is 9.64 Å². The minimum absolute atomic E-state index is 0.0846. The topological polar surface area (TPSA) is 117 Å². The summed E-state index contributed by atoms with van der Waals surface area (Å²) in [7, 11) is 2.11. The fourth-order valence-corrected chi connectivity index (χ4v) is 6.30. The highest BCUT2D eigenvalue weighted by molar-refractivity contribution is 6.06. The van der Waals surface area contributed by atoms with Crippen molar-refractivity contribution >= 4 is 23.9 Å². The number of carbonyl (C=O) groups is 1. The Morgan fingerprint density at radius 3 is 2.85 bits per heavy atom. The molecular weight excluding hydrogens is 527 g/mol. The second kappa shape index (κ2) is 11.4. The summed E-state index contributed by atoms with van der Waals surface area (Å²) in [6, 6.07) is 2.31. The molecule has 216 valence electrons. The maximum atomic E-state index is 13.8. The number of nitrogens with zero attached hydrogens (tertiary/aromatic N) is 10. The van der Waals surface area contributed by atoms with Crippen molar-refractivity contribution in [3.63, 3.8) is 0 Å². The lowest BCUT2D eigenvalue weighted by Gasteiger charge is -2.42. The monoisotopic (exact) mass is 562 g/mol. The highest BCUT2D eigenvalue weighted by atomic mass is 19.1. The number of piperazine rings is 1. The molecule has 0 radical (unpaired) electrons. The molecule has 1 aromatic heterocycles. The third-order valence-electron chi connectivity index (χ3n) is 8.55. The van der Waals surface area contributed by atoms with Gasteiger partial charge in [-0.1, -0.05) is 6.58 Å². The molecule has 0 aromatic carbocycles. The van der Waals surface area contributed by atoms with Crippen LogP contribution in [0, 0.1) is 11.3 Å². The van der Waals surface area contributed by atoms with Gasteiger partial charge in [-0.3, -0.25) is 9.79 Å². The van der Waals surface area contributed by atoms with Crippen LogP contribution in [0.3, 0.4) is 0 Å². The predicted molar refractivity (Wildman–Crippen MR) is 151 cm³/mol. The second-order valence-electron chi connectivity index (χ2n) is 11.1. The molecule has 0 bridgehead atoms. The van der Waals surface area contributed by atoms with Crippen LogP contribution in [-0.2, 0) is 17.8 Å². The SMILES string of the molecule is C=C(F)C(=O)N1CCN(c2nc(OC[C@@H]3CCCN3C)nc3c2CCN(C2=CN=CN4CCN=C24)C3)C[C@@H]1CC#N. The molecule has 5 aliphatic rings. The molecule has 0 saturated carbocycles. The molecule has 1 aromatic rings. The average Bonchev–Trinajstić information content (AvgIpc) is 3.63. The molecule has 0 N–H and O–H groups in total. The van der Waals surface area contributed by atoms with Gasteiger partial charge in [0.25, 0.3) is 5.91 Å². The van der Waals surface area contributed by atoms with Crippen molar-refractivity contribution in [2.75, 3.05) is 64.4 Å². The largest absolute Gasteiger partial charge is 0.462 e. The van der Waals surface area contributed by atoms with E-state index in [1.54, 1.807) is 0 Å². The zero-order valence-electron chi connectivity index (χ0n) is 23.4. The zero-order valence-corrected chi connectivity index (χ0v) is 23.4. The first-order valence-electron chi connectivity index (χ1n) is 14.2. The Bertz CT molecular complexity index is 1350. The number of hydrogen-bond donors (Lipinski definition) is 0. The smallest absolute Gasteiger partial charge is 0.318 e. The van der Waals surface area contributed by atoms with E-state index < -0.39 is 17.8 Å². The van der Waals surface area contributed by atoms with E-state index in [0.717, 1.165) is 67.6 Å². The van der Waals surface area contributed by atoms with Gasteiger partial charge in [0, 0.05) is 44.3 Å². The van der Waals surface area contributed by atoms with E-state index in [-0.39, 0.29) is 13.0 Å².